The van der Waals surface area contributed by atoms with Gasteiger partial charge in [-0.1, -0.05) is 12.1 Å². The van der Waals surface area contributed by atoms with Gasteiger partial charge in [0.2, 0.25) is 0 Å². The van der Waals surface area contributed by atoms with Crippen molar-refractivity contribution in [2.24, 2.45) is 0 Å². The van der Waals surface area contributed by atoms with Crippen LogP contribution in [-0.2, 0) is 4.79 Å². The number of fused-ring (bicyclic) bond motifs is 2. The van der Waals surface area contributed by atoms with E-state index in [2.05, 4.69) is 0 Å². The zero-order chi connectivity index (χ0) is 15.0. The summed E-state index contributed by atoms with van der Waals surface area (Å²) in [5, 5.41) is 10.1. The molecule has 0 aliphatic heterocycles. The SMILES string of the molecule is CC(Oc1ccc2sc3ccccc3c(=O)c2c1)C(=O)O. The van der Waals surface area contributed by atoms with Crippen LogP contribution in [0, 0.1) is 0 Å². The third-order valence-corrected chi connectivity index (χ3v) is 4.36. The summed E-state index contributed by atoms with van der Waals surface area (Å²) in [7, 11) is 0. The molecule has 3 aromatic rings. The zero-order valence-corrected chi connectivity index (χ0v) is 12.0. The summed E-state index contributed by atoms with van der Waals surface area (Å²) < 4.78 is 7.11. The van der Waals surface area contributed by atoms with Crippen molar-refractivity contribution in [2.75, 3.05) is 0 Å². The van der Waals surface area contributed by atoms with E-state index >= 15 is 0 Å². The van der Waals surface area contributed by atoms with E-state index in [0.29, 0.717) is 16.5 Å². The quantitative estimate of drug-likeness (QED) is 0.754. The Morgan fingerprint density at radius 1 is 1.14 bits per heavy atom. The predicted octanol–water partition coefficient (Wildman–Crippen LogP) is 3.27. The summed E-state index contributed by atoms with van der Waals surface area (Å²) in [6.45, 7) is 1.45. The molecule has 0 saturated carbocycles. The fraction of sp³-hybridized carbons (Fsp3) is 0.125. The highest BCUT2D eigenvalue weighted by Gasteiger charge is 2.13. The molecule has 0 aliphatic carbocycles. The van der Waals surface area contributed by atoms with E-state index in [0.717, 1.165) is 9.40 Å². The lowest BCUT2D eigenvalue weighted by Gasteiger charge is -2.10. The minimum atomic E-state index is -1.04. The second kappa shape index (κ2) is 5.18. The number of hydrogen-bond acceptors (Lipinski definition) is 4. The Bertz CT molecular complexity index is 898. The lowest BCUT2D eigenvalue weighted by Crippen LogP contribution is -2.22. The van der Waals surface area contributed by atoms with Gasteiger partial charge >= 0.3 is 5.97 Å². The lowest BCUT2D eigenvalue weighted by molar-refractivity contribution is -0.144. The van der Waals surface area contributed by atoms with Gasteiger partial charge in [-0.3, -0.25) is 4.79 Å². The molecule has 2 aromatic carbocycles. The van der Waals surface area contributed by atoms with Gasteiger partial charge in [0, 0.05) is 20.2 Å². The molecule has 0 amide bonds. The van der Waals surface area contributed by atoms with Gasteiger partial charge in [-0.25, -0.2) is 4.79 Å². The largest absolute Gasteiger partial charge is 0.479 e. The van der Waals surface area contributed by atoms with Gasteiger partial charge in [0.05, 0.1) is 0 Å². The van der Waals surface area contributed by atoms with E-state index in [1.165, 1.54) is 18.3 Å². The van der Waals surface area contributed by atoms with Crippen LogP contribution in [0.25, 0.3) is 20.2 Å². The maximum absolute atomic E-state index is 12.5. The van der Waals surface area contributed by atoms with Gasteiger partial charge in [-0.2, -0.15) is 0 Å². The minimum Gasteiger partial charge on any atom is -0.479 e. The van der Waals surface area contributed by atoms with Crippen molar-refractivity contribution in [1.29, 1.82) is 0 Å². The van der Waals surface area contributed by atoms with Crippen LogP contribution in [0.2, 0.25) is 0 Å². The first-order valence-corrected chi connectivity index (χ1v) is 7.23. The van der Waals surface area contributed by atoms with E-state index in [-0.39, 0.29) is 5.43 Å². The first-order chi connectivity index (χ1) is 10.1. The van der Waals surface area contributed by atoms with E-state index in [9.17, 15) is 9.59 Å². The molecule has 1 N–H and O–H groups in total. The van der Waals surface area contributed by atoms with Gasteiger partial charge in [0.25, 0.3) is 0 Å². The molecule has 106 valence electrons. The summed E-state index contributed by atoms with van der Waals surface area (Å²) in [6, 6.07) is 12.5. The fourth-order valence-electron chi connectivity index (χ4n) is 2.11. The number of carbonyl (C=O) groups is 1. The summed E-state index contributed by atoms with van der Waals surface area (Å²) in [5.74, 6) is -0.657. The Labute approximate surface area is 124 Å². The smallest absolute Gasteiger partial charge is 0.344 e. The second-order valence-electron chi connectivity index (χ2n) is 4.68. The standard InChI is InChI=1S/C16H12O4S/c1-9(16(18)19)20-10-6-7-14-12(8-10)15(17)11-4-2-3-5-13(11)21-14/h2-9H,1H3,(H,18,19). The fourth-order valence-corrected chi connectivity index (χ4v) is 3.16. The number of benzene rings is 2. The number of rotatable bonds is 3. The van der Waals surface area contributed by atoms with E-state index < -0.39 is 12.1 Å². The topological polar surface area (TPSA) is 63.6 Å². The highest BCUT2D eigenvalue weighted by atomic mass is 32.1. The van der Waals surface area contributed by atoms with Crippen molar-refractivity contribution in [3.05, 3.63) is 52.7 Å². The molecule has 0 fully saturated rings. The number of carboxylic acids is 1. The van der Waals surface area contributed by atoms with Crippen LogP contribution in [0.3, 0.4) is 0 Å². The van der Waals surface area contributed by atoms with Gasteiger partial charge in [0.1, 0.15) is 5.75 Å². The van der Waals surface area contributed by atoms with Gasteiger partial charge in [0.15, 0.2) is 11.5 Å². The molecule has 1 atom stereocenters. The van der Waals surface area contributed by atoms with E-state index in [1.54, 1.807) is 24.3 Å². The van der Waals surface area contributed by atoms with Crippen LogP contribution in [-0.4, -0.2) is 17.2 Å². The molecule has 5 heteroatoms. The van der Waals surface area contributed by atoms with Crippen molar-refractivity contribution in [1.82, 2.24) is 0 Å². The monoisotopic (exact) mass is 300 g/mol. The average Bonchev–Trinajstić information content (AvgIpc) is 2.48. The molecule has 0 radical (unpaired) electrons. The summed E-state index contributed by atoms with van der Waals surface area (Å²) >= 11 is 1.53. The van der Waals surface area contributed by atoms with Crippen LogP contribution in [0.4, 0.5) is 0 Å². The van der Waals surface area contributed by atoms with Crippen LogP contribution in [0.5, 0.6) is 5.75 Å². The molecular weight excluding hydrogens is 288 g/mol. The Morgan fingerprint density at radius 3 is 2.62 bits per heavy atom. The van der Waals surface area contributed by atoms with Crippen LogP contribution in [0.1, 0.15) is 6.92 Å². The van der Waals surface area contributed by atoms with Crippen molar-refractivity contribution in [3.63, 3.8) is 0 Å². The Kier molecular flexibility index (Phi) is 3.35. The van der Waals surface area contributed by atoms with E-state index in [1.807, 2.05) is 18.2 Å². The second-order valence-corrected chi connectivity index (χ2v) is 5.77. The highest BCUT2D eigenvalue weighted by Crippen LogP contribution is 2.27. The van der Waals surface area contributed by atoms with Crippen LogP contribution in [0.15, 0.2) is 47.3 Å². The Hall–Kier alpha value is -2.40. The molecule has 0 spiro atoms. The first kappa shape index (κ1) is 13.6. The van der Waals surface area contributed by atoms with Crippen molar-refractivity contribution in [2.45, 2.75) is 13.0 Å². The van der Waals surface area contributed by atoms with Crippen molar-refractivity contribution >= 4 is 37.5 Å². The Balaban J connectivity index is 2.17. The number of hydrogen-bond donors (Lipinski definition) is 1. The first-order valence-electron chi connectivity index (χ1n) is 6.41. The van der Waals surface area contributed by atoms with Gasteiger partial charge < -0.3 is 9.84 Å². The van der Waals surface area contributed by atoms with Crippen molar-refractivity contribution < 1.29 is 14.6 Å². The molecule has 21 heavy (non-hydrogen) atoms. The molecule has 4 nitrogen and oxygen atoms in total. The third kappa shape index (κ3) is 2.48. The molecule has 1 aromatic heterocycles. The molecule has 0 aliphatic rings. The normalized spacial score (nSPS) is 12.4. The van der Waals surface area contributed by atoms with Gasteiger partial charge in [-0.05, 0) is 37.3 Å². The van der Waals surface area contributed by atoms with E-state index in [4.69, 9.17) is 9.84 Å². The summed E-state index contributed by atoms with van der Waals surface area (Å²) in [6.07, 6.45) is -0.957. The van der Waals surface area contributed by atoms with Gasteiger partial charge in [-0.15, -0.1) is 11.3 Å². The lowest BCUT2D eigenvalue weighted by atomic mass is 10.2. The third-order valence-electron chi connectivity index (χ3n) is 3.21. The molecule has 0 saturated heterocycles. The highest BCUT2D eigenvalue weighted by molar-refractivity contribution is 7.24. The number of aliphatic carboxylic acids is 1. The number of carboxylic acid groups (broad SMARTS) is 1. The molecule has 0 bridgehead atoms. The maximum atomic E-state index is 12.5. The maximum Gasteiger partial charge on any atom is 0.344 e. The zero-order valence-electron chi connectivity index (χ0n) is 11.2. The summed E-state index contributed by atoms with van der Waals surface area (Å²) in [5.41, 5.74) is -0.0622. The van der Waals surface area contributed by atoms with Crippen molar-refractivity contribution in [3.8, 4) is 5.75 Å². The van der Waals surface area contributed by atoms with Crippen LogP contribution >= 0.6 is 11.3 Å². The summed E-state index contributed by atoms with van der Waals surface area (Å²) in [4.78, 5) is 23.3. The number of ether oxygens (including phenoxy) is 1. The molecule has 1 unspecified atom stereocenters. The minimum absolute atomic E-state index is 0.0622. The predicted molar refractivity (Wildman–Crippen MR) is 83.3 cm³/mol. The molecule has 1 heterocycles. The van der Waals surface area contributed by atoms with Crippen LogP contribution < -0.4 is 10.2 Å². The Morgan fingerprint density at radius 2 is 1.86 bits per heavy atom. The molecule has 3 rings (SSSR count). The average molecular weight is 300 g/mol. The molecular formula is C16H12O4S.